The first-order valence-corrected chi connectivity index (χ1v) is 11.6. The number of aliphatic hydroxyl groups excluding tert-OH is 1. The van der Waals surface area contributed by atoms with E-state index in [9.17, 15) is 14.7 Å². The number of ketones is 1. The second-order valence-electron chi connectivity index (χ2n) is 7.78. The minimum absolute atomic E-state index is 0.0212. The fraction of sp³-hybridized carbons (Fsp3) is 0.217. The highest BCUT2D eigenvalue weighted by Gasteiger charge is 2.48. The van der Waals surface area contributed by atoms with E-state index >= 15 is 0 Å². The van der Waals surface area contributed by atoms with Gasteiger partial charge in [-0.1, -0.05) is 39.4 Å². The first kappa shape index (κ1) is 20.8. The fourth-order valence-electron chi connectivity index (χ4n) is 4.13. The summed E-state index contributed by atoms with van der Waals surface area (Å²) in [6.45, 7) is 3.75. The molecule has 2 aliphatic heterocycles. The highest BCUT2D eigenvalue weighted by atomic mass is 79.9. The molecule has 2 aliphatic rings. The maximum atomic E-state index is 13.2. The number of carbonyl (C=O) groups is 2. The van der Waals surface area contributed by atoms with E-state index in [1.54, 1.807) is 19.1 Å². The average molecular weight is 512 g/mol. The van der Waals surface area contributed by atoms with Crippen molar-refractivity contribution in [2.24, 2.45) is 0 Å². The third-order valence-corrected chi connectivity index (χ3v) is 6.83. The molecular formula is C23H18BrN3O4S. The molecule has 7 nitrogen and oxygen atoms in total. The molecule has 0 saturated carbocycles. The van der Waals surface area contributed by atoms with Gasteiger partial charge in [0, 0.05) is 16.5 Å². The first-order chi connectivity index (χ1) is 15.3. The van der Waals surface area contributed by atoms with Gasteiger partial charge in [0.1, 0.15) is 22.6 Å². The largest absolute Gasteiger partial charge is 0.507 e. The van der Waals surface area contributed by atoms with E-state index in [0.717, 1.165) is 15.8 Å². The van der Waals surface area contributed by atoms with Crippen LogP contribution in [0.4, 0.5) is 5.13 Å². The van der Waals surface area contributed by atoms with Crippen LogP contribution in [0.3, 0.4) is 0 Å². The number of rotatable bonds is 3. The average Bonchev–Trinajstić information content (AvgIpc) is 3.42. The van der Waals surface area contributed by atoms with E-state index in [1.165, 1.54) is 16.2 Å². The molecule has 1 saturated heterocycles. The van der Waals surface area contributed by atoms with Crippen LogP contribution in [-0.4, -0.2) is 33.1 Å². The number of ether oxygens (including phenoxy) is 1. The van der Waals surface area contributed by atoms with Crippen LogP contribution >= 0.6 is 27.3 Å². The SMILES string of the molecule is Cc1nnc(N2C(=O)C(=O)C(=C(O)c3ccc4c(c3)CC(C)O4)C2c2cccc(Br)c2)s1. The Kier molecular flexibility index (Phi) is 5.10. The number of benzene rings is 2. The summed E-state index contributed by atoms with van der Waals surface area (Å²) in [6, 6.07) is 11.8. The smallest absolute Gasteiger partial charge is 0.301 e. The summed E-state index contributed by atoms with van der Waals surface area (Å²) in [7, 11) is 0. The summed E-state index contributed by atoms with van der Waals surface area (Å²) in [6.07, 6.45) is 0.763. The minimum atomic E-state index is -0.830. The molecule has 0 aliphatic carbocycles. The number of halogens is 1. The van der Waals surface area contributed by atoms with E-state index in [2.05, 4.69) is 26.1 Å². The summed E-state index contributed by atoms with van der Waals surface area (Å²) >= 11 is 4.67. The van der Waals surface area contributed by atoms with Gasteiger partial charge in [-0.05, 0) is 55.3 Å². The molecule has 3 heterocycles. The van der Waals surface area contributed by atoms with Gasteiger partial charge in [0.25, 0.3) is 5.78 Å². The molecule has 0 bridgehead atoms. The van der Waals surface area contributed by atoms with Gasteiger partial charge in [0.15, 0.2) is 0 Å². The maximum Gasteiger partial charge on any atom is 0.301 e. The second kappa shape index (κ2) is 7.83. The lowest BCUT2D eigenvalue weighted by atomic mass is 9.94. The van der Waals surface area contributed by atoms with E-state index in [4.69, 9.17) is 4.74 Å². The Morgan fingerprint density at radius 3 is 2.75 bits per heavy atom. The van der Waals surface area contributed by atoms with Crippen molar-refractivity contribution < 1.29 is 19.4 Å². The Morgan fingerprint density at radius 2 is 2.03 bits per heavy atom. The number of amides is 1. The lowest BCUT2D eigenvalue weighted by molar-refractivity contribution is -0.132. The molecule has 32 heavy (non-hydrogen) atoms. The van der Waals surface area contributed by atoms with Crippen LogP contribution in [0.25, 0.3) is 5.76 Å². The predicted molar refractivity (Wildman–Crippen MR) is 124 cm³/mol. The van der Waals surface area contributed by atoms with Crippen LogP contribution in [0.5, 0.6) is 5.75 Å². The second-order valence-corrected chi connectivity index (χ2v) is 9.86. The lowest BCUT2D eigenvalue weighted by Crippen LogP contribution is -2.29. The van der Waals surface area contributed by atoms with E-state index < -0.39 is 17.7 Å². The molecule has 1 fully saturated rings. The molecule has 1 aromatic heterocycles. The molecule has 1 N–H and O–H groups in total. The normalized spacial score (nSPS) is 21.7. The highest BCUT2D eigenvalue weighted by Crippen LogP contribution is 2.44. The molecule has 5 rings (SSSR count). The van der Waals surface area contributed by atoms with Gasteiger partial charge in [-0.2, -0.15) is 0 Å². The van der Waals surface area contributed by atoms with Crippen molar-refractivity contribution in [2.45, 2.75) is 32.4 Å². The van der Waals surface area contributed by atoms with Gasteiger partial charge in [0.2, 0.25) is 5.13 Å². The summed E-state index contributed by atoms with van der Waals surface area (Å²) in [5, 5.41) is 20.3. The zero-order valence-corrected chi connectivity index (χ0v) is 19.6. The van der Waals surface area contributed by atoms with Crippen LogP contribution in [-0.2, 0) is 16.0 Å². The van der Waals surface area contributed by atoms with Crippen LogP contribution in [0.2, 0.25) is 0 Å². The first-order valence-electron chi connectivity index (χ1n) is 10.00. The van der Waals surface area contributed by atoms with Gasteiger partial charge < -0.3 is 9.84 Å². The molecule has 3 aromatic rings. The zero-order chi connectivity index (χ0) is 22.6. The van der Waals surface area contributed by atoms with Crippen molar-refractivity contribution in [1.82, 2.24) is 10.2 Å². The molecule has 9 heteroatoms. The zero-order valence-electron chi connectivity index (χ0n) is 17.2. The lowest BCUT2D eigenvalue weighted by Gasteiger charge is -2.22. The Bertz CT molecular complexity index is 1300. The van der Waals surface area contributed by atoms with Crippen LogP contribution < -0.4 is 9.64 Å². The molecule has 0 spiro atoms. The van der Waals surface area contributed by atoms with Gasteiger partial charge >= 0.3 is 5.91 Å². The van der Waals surface area contributed by atoms with Gasteiger partial charge in [-0.25, -0.2) is 0 Å². The summed E-state index contributed by atoms with van der Waals surface area (Å²) < 4.78 is 6.53. The summed E-state index contributed by atoms with van der Waals surface area (Å²) in [5.41, 5.74) is 2.11. The Balaban J connectivity index is 1.69. The monoisotopic (exact) mass is 511 g/mol. The van der Waals surface area contributed by atoms with E-state index in [0.29, 0.717) is 27.7 Å². The number of aliphatic hydroxyl groups is 1. The van der Waals surface area contributed by atoms with Gasteiger partial charge in [-0.15, -0.1) is 10.2 Å². The van der Waals surface area contributed by atoms with E-state index in [1.807, 2.05) is 37.3 Å². The Morgan fingerprint density at radius 1 is 1.22 bits per heavy atom. The minimum Gasteiger partial charge on any atom is -0.507 e. The number of Topliss-reactive ketones (excluding diaryl/α,β-unsaturated/α-hetero) is 1. The van der Waals surface area contributed by atoms with Gasteiger partial charge in [0.05, 0.1) is 11.6 Å². The molecule has 0 radical (unpaired) electrons. The fourth-order valence-corrected chi connectivity index (χ4v) is 5.26. The number of fused-ring (bicyclic) bond motifs is 1. The summed E-state index contributed by atoms with van der Waals surface area (Å²) in [4.78, 5) is 27.6. The maximum absolute atomic E-state index is 13.2. The molecule has 2 unspecified atom stereocenters. The number of hydrogen-bond donors (Lipinski definition) is 1. The van der Waals surface area contributed by atoms with Crippen molar-refractivity contribution in [3.05, 3.63) is 74.2 Å². The van der Waals surface area contributed by atoms with Crippen molar-refractivity contribution in [2.75, 3.05) is 4.90 Å². The highest BCUT2D eigenvalue weighted by molar-refractivity contribution is 9.10. The Labute approximate surface area is 196 Å². The molecular weight excluding hydrogens is 494 g/mol. The number of aromatic nitrogens is 2. The van der Waals surface area contributed by atoms with Crippen LogP contribution in [0, 0.1) is 6.92 Å². The quantitative estimate of drug-likeness (QED) is 0.314. The van der Waals surface area contributed by atoms with Crippen molar-refractivity contribution >= 4 is 49.8 Å². The third-order valence-electron chi connectivity index (χ3n) is 5.50. The van der Waals surface area contributed by atoms with Crippen molar-refractivity contribution in [3.63, 3.8) is 0 Å². The number of aryl methyl sites for hydroxylation is 1. The molecule has 2 aromatic carbocycles. The van der Waals surface area contributed by atoms with Gasteiger partial charge in [-0.3, -0.25) is 14.5 Å². The molecule has 162 valence electrons. The third kappa shape index (κ3) is 3.41. The predicted octanol–water partition coefficient (Wildman–Crippen LogP) is 4.56. The number of hydrogen-bond acceptors (Lipinski definition) is 7. The number of carbonyl (C=O) groups excluding carboxylic acids is 2. The molecule has 1 amide bonds. The standard InChI is InChI=1S/C23H18BrN3O4S/c1-11-8-15-9-14(6-7-17(15)31-11)20(28)18-19(13-4-3-5-16(24)10-13)27(22(30)21(18)29)23-26-25-12(2)32-23/h3-7,9-11,19,28H,8H2,1-2H3. The summed E-state index contributed by atoms with van der Waals surface area (Å²) in [5.74, 6) is -0.960. The number of nitrogens with zero attached hydrogens (tertiary/aromatic N) is 3. The Hall–Kier alpha value is -3.04. The number of anilines is 1. The molecule has 2 atom stereocenters. The van der Waals surface area contributed by atoms with Crippen LogP contribution in [0.15, 0.2) is 52.5 Å². The van der Waals surface area contributed by atoms with Crippen LogP contribution in [0.1, 0.15) is 34.7 Å². The van der Waals surface area contributed by atoms with Crippen molar-refractivity contribution in [3.8, 4) is 5.75 Å². The van der Waals surface area contributed by atoms with E-state index in [-0.39, 0.29) is 17.4 Å². The topological polar surface area (TPSA) is 92.6 Å². The van der Waals surface area contributed by atoms with Crippen molar-refractivity contribution in [1.29, 1.82) is 0 Å².